The number of halogens is 2. The molecule has 1 aromatic heterocycles. The Morgan fingerprint density at radius 1 is 1.12 bits per heavy atom. The number of carbonyl (C=O) groups excluding carboxylic acids is 1. The SMILES string of the molecule is Cn1ccc(CC(=O)N2CCN(CCc3ccc(Cl)c(Cl)c3)CC2)n1. The maximum absolute atomic E-state index is 12.4. The third-order valence-electron chi connectivity index (χ3n) is 4.53. The maximum Gasteiger partial charge on any atom is 0.228 e. The molecule has 0 unspecified atom stereocenters. The summed E-state index contributed by atoms with van der Waals surface area (Å²) in [7, 11) is 1.86. The van der Waals surface area contributed by atoms with Crippen molar-refractivity contribution >= 4 is 29.1 Å². The Morgan fingerprint density at radius 2 is 1.88 bits per heavy atom. The maximum atomic E-state index is 12.4. The third kappa shape index (κ3) is 4.97. The molecule has 0 bridgehead atoms. The number of nitrogens with zero attached hydrogens (tertiary/aromatic N) is 4. The highest BCUT2D eigenvalue weighted by atomic mass is 35.5. The molecule has 5 nitrogen and oxygen atoms in total. The zero-order chi connectivity index (χ0) is 17.8. The fraction of sp³-hybridized carbons (Fsp3) is 0.444. The standard InChI is InChI=1S/C18H22Cl2N4O/c1-22-6-5-15(21-22)13-18(25)24-10-8-23(9-11-24)7-4-14-2-3-16(19)17(20)12-14/h2-3,5-6,12H,4,7-11,13H2,1H3. The van der Waals surface area contributed by atoms with Gasteiger partial charge in [-0.2, -0.15) is 5.10 Å². The van der Waals surface area contributed by atoms with Crippen molar-refractivity contribution in [2.24, 2.45) is 7.05 Å². The lowest BCUT2D eigenvalue weighted by Gasteiger charge is -2.34. The van der Waals surface area contributed by atoms with Gasteiger partial charge in [0.1, 0.15) is 0 Å². The lowest BCUT2D eigenvalue weighted by molar-refractivity contribution is -0.132. The van der Waals surface area contributed by atoms with Crippen LogP contribution in [-0.2, 0) is 24.7 Å². The van der Waals surface area contributed by atoms with Gasteiger partial charge in [0, 0.05) is 46.0 Å². The van der Waals surface area contributed by atoms with Gasteiger partial charge in [0.25, 0.3) is 0 Å². The van der Waals surface area contributed by atoms with Crippen LogP contribution in [0.3, 0.4) is 0 Å². The van der Waals surface area contributed by atoms with Crippen LogP contribution in [0, 0.1) is 0 Å². The number of aromatic nitrogens is 2. The van der Waals surface area contributed by atoms with Gasteiger partial charge in [-0.25, -0.2) is 0 Å². The summed E-state index contributed by atoms with van der Waals surface area (Å²) in [6.07, 6.45) is 3.17. The van der Waals surface area contributed by atoms with Crippen LogP contribution in [0.5, 0.6) is 0 Å². The van der Waals surface area contributed by atoms with Gasteiger partial charge < -0.3 is 4.90 Å². The molecule has 2 aromatic rings. The first kappa shape index (κ1) is 18.2. The van der Waals surface area contributed by atoms with Crippen LogP contribution in [-0.4, -0.2) is 58.2 Å². The van der Waals surface area contributed by atoms with Crippen molar-refractivity contribution in [2.45, 2.75) is 12.8 Å². The minimum atomic E-state index is 0.155. The van der Waals surface area contributed by atoms with Crippen molar-refractivity contribution in [3.63, 3.8) is 0 Å². The fourth-order valence-electron chi connectivity index (χ4n) is 3.03. The summed E-state index contributed by atoms with van der Waals surface area (Å²) in [6.45, 7) is 4.30. The zero-order valence-electron chi connectivity index (χ0n) is 14.3. The van der Waals surface area contributed by atoms with Crippen LogP contribution >= 0.6 is 23.2 Å². The smallest absolute Gasteiger partial charge is 0.228 e. The lowest BCUT2D eigenvalue weighted by Crippen LogP contribution is -2.49. The molecule has 25 heavy (non-hydrogen) atoms. The molecule has 1 amide bonds. The molecule has 2 heterocycles. The average Bonchev–Trinajstić information content (AvgIpc) is 3.01. The van der Waals surface area contributed by atoms with Crippen LogP contribution in [0.1, 0.15) is 11.3 Å². The van der Waals surface area contributed by atoms with Gasteiger partial charge in [-0.3, -0.25) is 14.4 Å². The molecule has 1 aliphatic heterocycles. The summed E-state index contributed by atoms with van der Waals surface area (Å²) in [5, 5.41) is 5.46. The largest absolute Gasteiger partial charge is 0.340 e. The molecule has 0 radical (unpaired) electrons. The second-order valence-corrected chi connectivity index (χ2v) is 7.19. The average molecular weight is 381 g/mol. The molecule has 0 N–H and O–H groups in total. The lowest BCUT2D eigenvalue weighted by atomic mass is 10.1. The summed E-state index contributed by atoms with van der Waals surface area (Å²) in [5.41, 5.74) is 2.01. The monoisotopic (exact) mass is 380 g/mol. The molecule has 0 spiro atoms. The Morgan fingerprint density at radius 3 is 2.52 bits per heavy atom. The predicted molar refractivity (Wildman–Crippen MR) is 100 cm³/mol. The minimum Gasteiger partial charge on any atom is -0.340 e. The van der Waals surface area contributed by atoms with Gasteiger partial charge in [0.2, 0.25) is 5.91 Å². The van der Waals surface area contributed by atoms with E-state index in [1.807, 2.05) is 42.4 Å². The molecular formula is C18H22Cl2N4O. The highest BCUT2D eigenvalue weighted by molar-refractivity contribution is 6.42. The molecule has 134 valence electrons. The summed E-state index contributed by atoms with van der Waals surface area (Å²) in [6, 6.07) is 7.68. The van der Waals surface area contributed by atoms with Gasteiger partial charge in [-0.15, -0.1) is 0 Å². The topological polar surface area (TPSA) is 41.4 Å². The van der Waals surface area contributed by atoms with E-state index >= 15 is 0 Å². The summed E-state index contributed by atoms with van der Waals surface area (Å²) in [5.74, 6) is 0.155. The summed E-state index contributed by atoms with van der Waals surface area (Å²) < 4.78 is 1.73. The van der Waals surface area contributed by atoms with E-state index in [1.54, 1.807) is 4.68 Å². The van der Waals surface area contributed by atoms with E-state index in [1.165, 1.54) is 5.56 Å². The summed E-state index contributed by atoms with van der Waals surface area (Å²) in [4.78, 5) is 16.7. The minimum absolute atomic E-state index is 0.155. The van der Waals surface area contributed by atoms with Crippen LogP contribution in [0.25, 0.3) is 0 Å². The van der Waals surface area contributed by atoms with E-state index in [0.717, 1.165) is 44.8 Å². The Bertz CT molecular complexity index is 738. The Hall–Kier alpha value is -1.56. The predicted octanol–water partition coefficient (Wildman–Crippen LogP) is 2.66. The van der Waals surface area contributed by atoms with E-state index in [-0.39, 0.29) is 5.91 Å². The third-order valence-corrected chi connectivity index (χ3v) is 5.27. The first-order chi connectivity index (χ1) is 12.0. The Kier molecular flexibility index (Phi) is 5.99. The number of carbonyl (C=O) groups is 1. The second kappa shape index (κ2) is 8.21. The van der Waals surface area contributed by atoms with Gasteiger partial charge in [0.15, 0.2) is 0 Å². The Labute approximate surface area is 158 Å². The molecule has 0 aliphatic carbocycles. The van der Waals surface area contributed by atoms with Gasteiger partial charge in [0.05, 0.1) is 22.2 Å². The van der Waals surface area contributed by atoms with Gasteiger partial charge in [-0.1, -0.05) is 29.3 Å². The normalized spacial score (nSPS) is 15.6. The van der Waals surface area contributed by atoms with Crippen molar-refractivity contribution < 1.29 is 4.79 Å². The number of aryl methyl sites for hydroxylation is 1. The number of benzene rings is 1. The van der Waals surface area contributed by atoms with Crippen molar-refractivity contribution in [3.8, 4) is 0 Å². The number of hydrogen-bond donors (Lipinski definition) is 0. The van der Waals surface area contributed by atoms with Crippen molar-refractivity contribution in [2.75, 3.05) is 32.7 Å². The molecule has 7 heteroatoms. The van der Waals surface area contributed by atoms with E-state index in [0.29, 0.717) is 16.5 Å². The number of amides is 1. The highest BCUT2D eigenvalue weighted by Crippen LogP contribution is 2.23. The molecule has 1 fully saturated rings. The van der Waals surface area contributed by atoms with Crippen molar-refractivity contribution in [1.29, 1.82) is 0 Å². The first-order valence-corrected chi connectivity index (χ1v) is 9.19. The van der Waals surface area contributed by atoms with Gasteiger partial charge in [-0.05, 0) is 30.2 Å². The second-order valence-electron chi connectivity index (χ2n) is 6.38. The van der Waals surface area contributed by atoms with E-state index in [9.17, 15) is 4.79 Å². The fourth-order valence-corrected chi connectivity index (χ4v) is 3.35. The van der Waals surface area contributed by atoms with Crippen LogP contribution in [0.4, 0.5) is 0 Å². The number of rotatable bonds is 5. The molecular weight excluding hydrogens is 359 g/mol. The molecule has 1 aliphatic rings. The first-order valence-electron chi connectivity index (χ1n) is 8.44. The van der Waals surface area contributed by atoms with Crippen LogP contribution in [0.15, 0.2) is 30.5 Å². The molecule has 3 rings (SSSR count). The van der Waals surface area contributed by atoms with E-state index < -0.39 is 0 Å². The van der Waals surface area contributed by atoms with Crippen LogP contribution in [0.2, 0.25) is 10.0 Å². The van der Waals surface area contributed by atoms with Crippen molar-refractivity contribution in [1.82, 2.24) is 19.6 Å². The molecule has 1 aromatic carbocycles. The highest BCUT2D eigenvalue weighted by Gasteiger charge is 2.21. The number of piperazine rings is 1. The molecule has 0 saturated carbocycles. The Balaban J connectivity index is 1.43. The van der Waals surface area contributed by atoms with Gasteiger partial charge >= 0.3 is 0 Å². The van der Waals surface area contributed by atoms with E-state index in [2.05, 4.69) is 10.00 Å². The number of hydrogen-bond acceptors (Lipinski definition) is 3. The summed E-state index contributed by atoms with van der Waals surface area (Å²) >= 11 is 12.0. The van der Waals surface area contributed by atoms with Crippen molar-refractivity contribution in [3.05, 3.63) is 51.8 Å². The van der Waals surface area contributed by atoms with Crippen LogP contribution < -0.4 is 0 Å². The zero-order valence-corrected chi connectivity index (χ0v) is 15.8. The molecule has 1 saturated heterocycles. The molecule has 0 atom stereocenters. The quantitative estimate of drug-likeness (QED) is 0.800. The van der Waals surface area contributed by atoms with E-state index in [4.69, 9.17) is 23.2 Å².